The van der Waals surface area contributed by atoms with Gasteiger partial charge in [-0.1, -0.05) is 74.5 Å². The quantitative estimate of drug-likeness (QED) is 0.0148. The number of hydrogen-bond donors (Lipinski definition) is 14. The molecule has 0 aliphatic heterocycles. The van der Waals surface area contributed by atoms with E-state index in [4.69, 9.17) is 17.2 Å². The van der Waals surface area contributed by atoms with Crippen molar-refractivity contribution in [2.75, 3.05) is 20.1 Å². The fraction of sp³-hybridized carbons (Fsp3) is 0.444. The number of carbonyl (C=O) groups excluding carboxylic acids is 11. The van der Waals surface area contributed by atoms with Gasteiger partial charge < -0.3 is 74.6 Å². The molecule has 0 unspecified atom stereocenters. The predicted octanol–water partition coefficient (Wildman–Crippen LogP) is 0.891. The third-order valence-corrected chi connectivity index (χ3v) is 15.1. The number of aromatic nitrogens is 3. The molecule has 9 atom stereocenters. The number of aromatic hydroxyl groups is 1. The lowest BCUT2D eigenvalue weighted by atomic mass is 9.89. The van der Waals surface area contributed by atoms with Crippen LogP contribution in [0.3, 0.4) is 0 Å². The van der Waals surface area contributed by atoms with E-state index in [0.29, 0.717) is 23.2 Å². The highest BCUT2D eigenvalue weighted by Crippen LogP contribution is 2.23. The number of benzene rings is 3. The van der Waals surface area contributed by atoms with Crippen molar-refractivity contribution in [2.45, 2.75) is 135 Å². The first-order valence-electron chi connectivity index (χ1n) is 29.7. The van der Waals surface area contributed by atoms with E-state index < -0.39 is 144 Å². The molecule has 27 heteroatoms. The molecule has 17 N–H and O–H groups in total. The number of Topliss-reactive ketones (excluding diaryl/α,β-unsaturated/α-hetero) is 4. The zero-order chi connectivity index (χ0) is 66.0. The van der Waals surface area contributed by atoms with Crippen LogP contribution in [0.25, 0.3) is 10.9 Å². The van der Waals surface area contributed by atoms with Crippen molar-refractivity contribution < 1.29 is 63.0 Å². The van der Waals surface area contributed by atoms with Gasteiger partial charge in [0.25, 0.3) is 0 Å². The molecule has 0 bridgehead atoms. The van der Waals surface area contributed by atoms with E-state index in [-0.39, 0.29) is 69.1 Å². The SMILES string of the molecule is CN=C(N)NCCC[C@H](CC(=O)[C@H](CC(C)C)NC(=O)NCC(=O)[C@H](Cc1ccccc1)NC(=O)[C@@H](CC(=O)[C@H](CC(N)=O)NC(=O)[C@H](CC(=O)[C@@H](Cc1ccc(O)cc1)NC(C)=O)Cc1cnc[nH]1)[C@@H](C)O)C(=O)N[C@@H](Cc1c[nH]c2ccccc12)C(N)=O. The molecule has 2 heterocycles. The first-order chi connectivity index (χ1) is 42.8. The van der Waals surface area contributed by atoms with Crippen molar-refractivity contribution in [1.82, 2.24) is 52.2 Å². The zero-order valence-corrected chi connectivity index (χ0v) is 51.2. The molecule has 0 fully saturated rings. The normalized spacial score (nSPS) is 14.5. The Morgan fingerprint density at radius 1 is 0.611 bits per heavy atom. The van der Waals surface area contributed by atoms with Gasteiger partial charge in [0.2, 0.25) is 35.4 Å². The third kappa shape index (κ3) is 23.4. The number of nitrogens with zero attached hydrogens (tertiary/aromatic N) is 2. The summed E-state index contributed by atoms with van der Waals surface area (Å²) in [4.78, 5) is 164. The number of urea groups is 1. The molecule has 0 saturated heterocycles. The molecule has 0 radical (unpaired) electrons. The number of imidazole rings is 1. The van der Waals surface area contributed by atoms with E-state index >= 15 is 0 Å². The molecule has 90 heavy (non-hydrogen) atoms. The largest absolute Gasteiger partial charge is 0.508 e. The minimum Gasteiger partial charge on any atom is -0.508 e. The number of primary amides is 2. The predicted molar refractivity (Wildman–Crippen MR) is 333 cm³/mol. The van der Waals surface area contributed by atoms with Gasteiger partial charge in [0.05, 0.1) is 61.4 Å². The summed E-state index contributed by atoms with van der Waals surface area (Å²) in [5.41, 5.74) is 20.3. The summed E-state index contributed by atoms with van der Waals surface area (Å²) < 4.78 is 0. The van der Waals surface area contributed by atoms with E-state index in [1.54, 1.807) is 48.7 Å². The number of ketones is 4. The van der Waals surface area contributed by atoms with Crippen LogP contribution in [0.15, 0.2) is 103 Å². The number of nitrogens with two attached hydrogens (primary N) is 3. The van der Waals surface area contributed by atoms with Crippen molar-refractivity contribution in [3.63, 3.8) is 0 Å². The average Bonchev–Trinajstić information content (AvgIpc) is 2.45. The summed E-state index contributed by atoms with van der Waals surface area (Å²) in [7, 11) is 1.50. The Labute approximate surface area is 521 Å². The van der Waals surface area contributed by atoms with Crippen LogP contribution in [0.5, 0.6) is 5.75 Å². The van der Waals surface area contributed by atoms with Crippen molar-refractivity contribution in [1.29, 1.82) is 0 Å². The minimum absolute atomic E-state index is 0.00322. The van der Waals surface area contributed by atoms with Gasteiger partial charge in [-0.2, -0.15) is 0 Å². The molecule has 2 aromatic heterocycles. The van der Waals surface area contributed by atoms with E-state index in [9.17, 15) is 63.0 Å². The molecule has 0 aliphatic rings. The average molecular weight is 1250 g/mol. The lowest BCUT2D eigenvalue weighted by Crippen LogP contribution is -2.53. The number of para-hydroxylation sites is 1. The number of carbonyl (C=O) groups is 11. The number of phenols is 1. The molecule has 27 nitrogen and oxygen atoms in total. The Bertz CT molecular complexity index is 3300. The first kappa shape index (κ1) is 71.0. The van der Waals surface area contributed by atoms with E-state index in [1.165, 1.54) is 45.6 Å². The Hall–Kier alpha value is -9.79. The lowest BCUT2D eigenvalue weighted by Gasteiger charge is -2.26. The fourth-order valence-electron chi connectivity index (χ4n) is 10.2. The molecule has 5 aromatic rings. The maximum Gasteiger partial charge on any atom is 0.315 e. The van der Waals surface area contributed by atoms with Gasteiger partial charge >= 0.3 is 6.03 Å². The number of aliphatic imine (C=N–C) groups is 1. The van der Waals surface area contributed by atoms with Crippen molar-refractivity contribution in [2.24, 2.45) is 45.9 Å². The highest BCUT2D eigenvalue weighted by molar-refractivity contribution is 5.99. The summed E-state index contributed by atoms with van der Waals surface area (Å²) in [6.45, 7) is 5.67. The van der Waals surface area contributed by atoms with Crippen LogP contribution in [-0.4, -0.2) is 152 Å². The molecule has 0 saturated carbocycles. The number of nitrogens with one attached hydrogen (secondary N) is 9. The van der Waals surface area contributed by atoms with Crippen LogP contribution in [0.2, 0.25) is 0 Å². The number of fused-ring (bicyclic) bond motifs is 1. The Morgan fingerprint density at radius 3 is 1.83 bits per heavy atom. The second-order valence-electron chi connectivity index (χ2n) is 22.8. The molecule has 0 aliphatic carbocycles. The number of guanidine groups is 1. The Kier molecular flexibility index (Phi) is 27.8. The van der Waals surface area contributed by atoms with Crippen LogP contribution in [0.1, 0.15) is 95.0 Å². The summed E-state index contributed by atoms with van der Waals surface area (Å²) >= 11 is 0. The van der Waals surface area contributed by atoms with Crippen LogP contribution in [-0.2, 0) is 73.6 Å². The van der Waals surface area contributed by atoms with Crippen molar-refractivity contribution in [3.05, 3.63) is 120 Å². The molecule has 0 spiro atoms. The lowest BCUT2D eigenvalue weighted by molar-refractivity contribution is -0.137. The standard InChI is InChI=1S/C63H84N14O13/c1-35(2)22-48(53(81)27-40(14-11-21-69-62(66)67-5)59(87)76-52(58(65)86)26-42-31-70-47-16-10-9-15-45(42)47)77-63(90)71-33-56(84)50(23-38-12-7-6-8-13-38)75-61(89)46(36(3)78)29-55(83)51(30-57(64)85)74-60(88)41(25-43-32-68-34-72-43)28-54(82)49(73-37(4)79)24-39-17-19-44(80)20-18-39/h6-10,12-13,15-20,31-32,34-36,40-41,46,48-52,70,78,80H,11,14,21-30,33H2,1-5H3,(H2,64,85)(H2,65,86)(H,68,72)(H,73,79)(H,74,88)(H,75,89)(H,76,87)(H3,66,67,69)(H2,71,77,90)/t36-,40-,41+,46+,48+,49-,50+,51+,52+/m1/s1. The second kappa shape index (κ2) is 35.3. The maximum atomic E-state index is 14.3. The minimum atomic E-state index is -1.68. The van der Waals surface area contributed by atoms with E-state index in [0.717, 1.165) is 16.5 Å². The summed E-state index contributed by atoms with van der Waals surface area (Å²) in [6.07, 6.45) is 0.946. The number of rotatable bonds is 38. The molecular formula is C63H84N14O13. The Morgan fingerprint density at radius 2 is 1.21 bits per heavy atom. The number of H-pyrrole nitrogens is 2. The molecule has 8 amide bonds. The van der Waals surface area contributed by atoms with Gasteiger partial charge in [-0.25, -0.2) is 9.78 Å². The van der Waals surface area contributed by atoms with Gasteiger partial charge in [-0.15, -0.1) is 0 Å². The summed E-state index contributed by atoms with van der Waals surface area (Å²) in [5, 5.41) is 40.2. The number of aliphatic hydroxyl groups excluding tert-OH is 1. The third-order valence-electron chi connectivity index (χ3n) is 15.1. The number of hydrogen-bond acceptors (Lipinski definition) is 15. The van der Waals surface area contributed by atoms with Crippen LogP contribution >= 0.6 is 0 Å². The molecule has 3 aromatic carbocycles. The second-order valence-corrected chi connectivity index (χ2v) is 22.8. The smallest absolute Gasteiger partial charge is 0.315 e. The highest BCUT2D eigenvalue weighted by atomic mass is 16.3. The van der Waals surface area contributed by atoms with Crippen LogP contribution < -0.4 is 54.4 Å². The Balaban J connectivity index is 1.29. The van der Waals surface area contributed by atoms with Crippen molar-refractivity contribution >= 4 is 81.5 Å². The maximum absolute atomic E-state index is 14.3. The van der Waals surface area contributed by atoms with E-state index in [2.05, 4.69) is 57.2 Å². The monoisotopic (exact) mass is 1240 g/mol. The fourth-order valence-corrected chi connectivity index (χ4v) is 10.2. The number of phenolic OH excluding ortho intramolecular Hbond substituents is 1. The van der Waals surface area contributed by atoms with Gasteiger partial charge in [-0.05, 0) is 79.8 Å². The summed E-state index contributed by atoms with van der Waals surface area (Å²) in [5.74, 6) is -11.4. The van der Waals surface area contributed by atoms with Gasteiger partial charge in [0, 0.05) is 87.5 Å². The van der Waals surface area contributed by atoms with Crippen LogP contribution in [0, 0.1) is 23.7 Å². The summed E-state index contributed by atoms with van der Waals surface area (Å²) in [6, 6.07) is 14.4. The topological polar surface area (TPSA) is 447 Å². The van der Waals surface area contributed by atoms with Gasteiger partial charge in [0.1, 0.15) is 11.8 Å². The van der Waals surface area contributed by atoms with Gasteiger partial charge in [0.15, 0.2) is 29.1 Å². The highest BCUT2D eigenvalue weighted by Gasteiger charge is 2.37. The number of amides is 8. The van der Waals surface area contributed by atoms with E-state index in [1.807, 2.05) is 38.1 Å². The van der Waals surface area contributed by atoms with Crippen molar-refractivity contribution in [3.8, 4) is 5.75 Å². The number of aromatic amines is 2. The zero-order valence-electron chi connectivity index (χ0n) is 51.2. The van der Waals surface area contributed by atoms with Crippen LogP contribution in [0.4, 0.5) is 4.79 Å². The van der Waals surface area contributed by atoms with Gasteiger partial charge in [-0.3, -0.25) is 52.9 Å². The number of aliphatic hydroxyl groups is 1. The molecule has 484 valence electrons. The molecular weight excluding hydrogens is 1160 g/mol. The molecule has 5 rings (SSSR count). The first-order valence-corrected chi connectivity index (χ1v) is 29.7.